The highest BCUT2D eigenvalue weighted by atomic mass is 19.2. The summed E-state index contributed by atoms with van der Waals surface area (Å²) in [5.74, 6) is -2.80. The van der Waals surface area contributed by atoms with E-state index in [1.54, 1.807) is 4.90 Å². The summed E-state index contributed by atoms with van der Waals surface area (Å²) in [5.41, 5.74) is 0.160. The summed E-state index contributed by atoms with van der Waals surface area (Å²) in [5, 5.41) is 0. The predicted molar refractivity (Wildman–Crippen MR) is 66.1 cm³/mol. The molecule has 0 aromatic heterocycles. The molecular weight excluding hydrogens is 268 g/mol. The fourth-order valence-electron chi connectivity index (χ4n) is 2.65. The lowest BCUT2D eigenvalue weighted by atomic mass is 10.0. The Morgan fingerprint density at radius 1 is 1.10 bits per heavy atom. The molecule has 2 heterocycles. The maximum absolute atomic E-state index is 13.2. The predicted octanol–water partition coefficient (Wildman–Crippen LogP) is 1.94. The molecule has 1 aromatic carbocycles. The van der Waals surface area contributed by atoms with Crippen LogP contribution in [0.15, 0.2) is 18.2 Å². The van der Waals surface area contributed by atoms with Crippen molar-refractivity contribution in [1.82, 2.24) is 4.90 Å². The highest BCUT2D eigenvalue weighted by molar-refractivity contribution is 5.94. The molecule has 0 radical (unpaired) electrons. The van der Waals surface area contributed by atoms with Crippen LogP contribution in [0.1, 0.15) is 23.2 Å². The van der Waals surface area contributed by atoms with Gasteiger partial charge in [-0.15, -0.1) is 0 Å². The molecule has 2 saturated heterocycles. The molecule has 0 bridgehead atoms. The molecule has 2 fully saturated rings. The molecule has 3 rings (SSSR count). The third kappa shape index (κ3) is 2.41. The van der Waals surface area contributed by atoms with Gasteiger partial charge in [0.25, 0.3) is 5.91 Å². The molecule has 0 aliphatic carbocycles. The zero-order chi connectivity index (χ0) is 14.2. The number of hydrogen-bond acceptors (Lipinski definition) is 3. The van der Waals surface area contributed by atoms with Crippen molar-refractivity contribution < 1.29 is 23.0 Å². The van der Waals surface area contributed by atoms with Crippen LogP contribution in [0.3, 0.4) is 0 Å². The van der Waals surface area contributed by atoms with Crippen molar-refractivity contribution in [3.63, 3.8) is 0 Å². The van der Waals surface area contributed by atoms with Crippen LogP contribution in [-0.4, -0.2) is 42.9 Å². The largest absolute Gasteiger partial charge is 0.347 e. The lowest BCUT2D eigenvalue weighted by Crippen LogP contribution is -2.47. The smallest absolute Gasteiger partial charge is 0.253 e. The molecule has 108 valence electrons. The fraction of sp³-hybridized carbons (Fsp3) is 0.500. The molecule has 0 atom stereocenters. The number of hydrogen-bond donors (Lipinski definition) is 0. The zero-order valence-electron chi connectivity index (χ0n) is 10.9. The summed E-state index contributed by atoms with van der Waals surface area (Å²) in [4.78, 5) is 13.8. The monoisotopic (exact) mass is 283 g/mol. The maximum Gasteiger partial charge on any atom is 0.253 e. The third-order valence-electron chi connectivity index (χ3n) is 3.79. The molecule has 2 aliphatic rings. The van der Waals surface area contributed by atoms with Crippen molar-refractivity contribution >= 4 is 5.91 Å². The molecule has 20 heavy (non-hydrogen) atoms. The lowest BCUT2D eigenvalue weighted by Gasteiger charge is -2.37. The second-order valence-corrected chi connectivity index (χ2v) is 5.03. The number of amides is 1. The van der Waals surface area contributed by atoms with Gasteiger partial charge in [0.05, 0.1) is 13.2 Å². The van der Waals surface area contributed by atoms with Crippen molar-refractivity contribution in [1.29, 1.82) is 0 Å². The van der Waals surface area contributed by atoms with Gasteiger partial charge in [-0.2, -0.15) is 0 Å². The number of piperidine rings is 1. The molecular formula is C14H15F2NO3. The van der Waals surface area contributed by atoms with Crippen LogP contribution in [-0.2, 0) is 9.47 Å². The first-order valence-electron chi connectivity index (χ1n) is 6.62. The van der Waals surface area contributed by atoms with Crippen LogP contribution < -0.4 is 0 Å². The summed E-state index contributed by atoms with van der Waals surface area (Å²) < 4.78 is 37.2. The topological polar surface area (TPSA) is 38.8 Å². The average molecular weight is 283 g/mol. The zero-order valence-corrected chi connectivity index (χ0v) is 10.9. The van der Waals surface area contributed by atoms with Crippen LogP contribution >= 0.6 is 0 Å². The molecule has 0 unspecified atom stereocenters. The number of likely N-dealkylation sites (tertiary alicyclic amines) is 1. The molecule has 6 heteroatoms. The number of nitrogens with zero attached hydrogens (tertiary/aromatic N) is 1. The van der Waals surface area contributed by atoms with E-state index in [-0.39, 0.29) is 11.5 Å². The molecule has 2 aliphatic heterocycles. The highest BCUT2D eigenvalue weighted by Gasteiger charge is 2.40. The molecule has 0 N–H and O–H groups in total. The maximum atomic E-state index is 13.2. The van der Waals surface area contributed by atoms with E-state index >= 15 is 0 Å². The molecule has 4 nitrogen and oxygen atoms in total. The van der Waals surface area contributed by atoms with Gasteiger partial charge in [-0.05, 0) is 18.2 Å². The minimum atomic E-state index is -1.01. The van der Waals surface area contributed by atoms with E-state index in [4.69, 9.17) is 9.47 Å². The van der Waals surface area contributed by atoms with E-state index in [2.05, 4.69) is 0 Å². The first kappa shape index (κ1) is 13.5. The number of benzene rings is 1. The summed E-state index contributed by atoms with van der Waals surface area (Å²) >= 11 is 0. The molecule has 1 aromatic rings. The Morgan fingerprint density at radius 2 is 1.75 bits per heavy atom. The first-order chi connectivity index (χ1) is 9.60. The van der Waals surface area contributed by atoms with E-state index in [1.807, 2.05) is 0 Å². The van der Waals surface area contributed by atoms with Gasteiger partial charge in [0.1, 0.15) is 0 Å². The van der Waals surface area contributed by atoms with E-state index in [1.165, 1.54) is 6.07 Å². The van der Waals surface area contributed by atoms with Crippen LogP contribution in [0.2, 0.25) is 0 Å². The minimum absolute atomic E-state index is 0.160. The standard InChI is InChI=1S/C14H15F2NO3/c15-11-2-1-10(9-12(11)16)13(18)17-5-3-14(4-6-17)19-7-8-20-14/h1-2,9H,3-8H2. The van der Waals surface area contributed by atoms with Gasteiger partial charge >= 0.3 is 0 Å². The Balaban J connectivity index is 1.68. The van der Waals surface area contributed by atoms with Crippen LogP contribution in [0.4, 0.5) is 8.78 Å². The summed E-state index contributed by atoms with van der Waals surface area (Å²) in [7, 11) is 0. The first-order valence-corrected chi connectivity index (χ1v) is 6.62. The lowest BCUT2D eigenvalue weighted by molar-refractivity contribution is -0.181. The summed E-state index contributed by atoms with van der Waals surface area (Å²) in [6.45, 7) is 2.13. The SMILES string of the molecule is O=C(c1ccc(F)c(F)c1)N1CCC2(CC1)OCCO2. The Kier molecular flexibility index (Phi) is 3.43. The number of carbonyl (C=O) groups excluding carboxylic acids is 1. The van der Waals surface area contributed by atoms with Gasteiger partial charge in [-0.3, -0.25) is 4.79 Å². The fourth-order valence-corrected chi connectivity index (χ4v) is 2.65. The third-order valence-corrected chi connectivity index (χ3v) is 3.79. The van der Waals surface area contributed by atoms with Crippen LogP contribution in [0, 0.1) is 11.6 Å². The highest BCUT2D eigenvalue weighted by Crippen LogP contribution is 2.31. The summed E-state index contributed by atoms with van der Waals surface area (Å²) in [6, 6.07) is 3.20. The van der Waals surface area contributed by atoms with E-state index in [0.717, 1.165) is 12.1 Å². The second-order valence-electron chi connectivity index (χ2n) is 5.03. The van der Waals surface area contributed by atoms with E-state index < -0.39 is 17.4 Å². The quantitative estimate of drug-likeness (QED) is 0.790. The normalized spacial score (nSPS) is 21.4. The van der Waals surface area contributed by atoms with Gasteiger partial charge in [0.2, 0.25) is 0 Å². The second kappa shape index (κ2) is 5.10. The van der Waals surface area contributed by atoms with Gasteiger partial charge in [-0.1, -0.05) is 0 Å². The molecule has 1 spiro atoms. The van der Waals surface area contributed by atoms with Crippen molar-refractivity contribution in [2.75, 3.05) is 26.3 Å². The number of carbonyl (C=O) groups is 1. The Labute approximate surface area is 115 Å². The Morgan fingerprint density at radius 3 is 2.35 bits per heavy atom. The minimum Gasteiger partial charge on any atom is -0.347 e. The van der Waals surface area contributed by atoms with Crippen molar-refractivity contribution in [2.45, 2.75) is 18.6 Å². The van der Waals surface area contributed by atoms with Gasteiger partial charge in [0, 0.05) is 31.5 Å². The van der Waals surface area contributed by atoms with E-state index in [9.17, 15) is 13.6 Å². The van der Waals surface area contributed by atoms with Crippen molar-refractivity contribution in [2.24, 2.45) is 0 Å². The van der Waals surface area contributed by atoms with Gasteiger partial charge < -0.3 is 14.4 Å². The number of rotatable bonds is 1. The van der Waals surface area contributed by atoms with E-state index in [0.29, 0.717) is 39.1 Å². The molecule has 1 amide bonds. The molecule has 0 saturated carbocycles. The average Bonchev–Trinajstić information content (AvgIpc) is 2.90. The Hall–Kier alpha value is -1.53. The van der Waals surface area contributed by atoms with Gasteiger partial charge in [0.15, 0.2) is 17.4 Å². The van der Waals surface area contributed by atoms with Crippen LogP contribution in [0.25, 0.3) is 0 Å². The number of halogens is 2. The van der Waals surface area contributed by atoms with Crippen molar-refractivity contribution in [3.8, 4) is 0 Å². The summed E-state index contributed by atoms with van der Waals surface area (Å²) in [6.07, 6.45) is 1.20. The van der Waals surface area contributed by atoms with Gasteiger partial charge in [-0.25, -0.2) is 8.78 Å². The van der Waals surface area contributed by atoms with Crippen molar-refractivity contribution in [3.05, 3.63) is 35.4 Å². The van der Waals surface area contributed by atoms with Crippen LogP contribution in [0.5, 0.6) is 0 Å². The number of ether oxygens (including phenoxy) is 2. The Bertz CT molecular complexity index is 519.